The number of nitrogens with one attached hydrogen (secondary N) is 1. The molecular weight excluding hydrogens is 570 g/mol. The molecule has 0 unspecified atom stereocenters. The highest BCUT2D eigenvalue weighted by molar-refractivity contribution is 7.99. The zero-order valence-electron chi connectivity index (χ0n) is 26.5. The number of piperazine rings is 1. The first kappa shape index (κ1) is 31.9. The van der Waals surface area contributed by atoms with Crippen molar-refractivity contribution in [3.8, 4) is 28.6 Å². The van der Waals surface area contributed by atoms with E-state index >= 15 is 0 Å². The molecule has 1 aromatic heterocycles. The van der Waals surface area contributed by atoms with Crippen molar-refractivity contribution in [1.82, 2.24) is 24.6 Å². The van der Waals surface area contributed by atoms with Gasteiger partial charge in [0.15, 0.2) is 5.82 Å². The Balaban J connectivity index is 1.12. The summed E-state index contributed by atoms with van der Waals surface area (Å²) in [5, 5.41) is 17.4. The number of H-pyrrole nitrogens is 1. The second-order valence-corrected chi connectivity index (χ2v) is 14.2. The Labute approximate surface area is 265 Å². The number of thioether (sulfide) groups is 1. The number of ether oxygens (including phenoxy) is 1. The van der Waals surface area contributed by atoms with E-state index in [0.29, 0.717) is 17.1 Å². The number of nitrogens with zero attached hydrogens (tertiary/aromatic N) is 4. The minimum atomic E-state index is -0.333. The van der Waals surface area contributed by atoms with Gasteiger partial charge in [-0.3, -0.25) is 4.90 Å². The fourth-order valence-electron chi connectivity index (χ4n) is 5.49. The molecule has 1 fully saturated rings. The molecule has 2 N–H and O–H groups in total. The van der Waals surface area contributed by atoms with Crippen molar-refractivity contribution < 1.29 is 9.84 Å². The largest absolute Gasteiger partial charge is 0.507 e. The number of methoxy groups -OCH3 is 1. The molecule has 234 valence electrons. The van der Waals surface area contributed by atoms with Gasteiger partial charge in [0.2, 0.25) is 0 Å². The molecule has 0 bridgehead atoms. The van der Waals surface area contributed by atoms with Crippen LogP contribution in [0, 0.1) is 0 Å². The van der Waals surface area contributed by atoms with Crippen molar-refractivity contribution in [3.05, 3.63) is 93.9 Å². The van der Waals surface area contributed by atoms with Gasteiger partial charge in [0.25, 0.3) is 0 Å². The lowest BCUT2D eigenvalue weighted by molar-refractivity contribution is 0.124. The van der Waals surface area contributed by atoms with E-state index in [2.05, 4.69) is 72.0 Å². The Morgan fingerprint density at radius 3 is 2.27 bits per heavy atom. The molecule has 4 aromatic rings. The standard InChI is InChI=1S/C35H45N5O3S/c1-25(2)28-10-15-32(41)31(22-28)33-36-37-34(42)40(33)29-11-6-26(7-12-29)23-39-20-18-38(19-21-39)17-16-35(3,4)44-24-27-8-13-30(43-5)14-9-27/h6-15,22,25,41H,16-21,23-24H2,1-5H3,(H,37,42). The molecule has 0 aliphatic carbocycles. The van der Waals surface area contributed by atoms with E-state index in [9.17, 15) is 9.90 Å². The van der Waals surface area contributed by atoms with Crippen molar-refractivity contribution >= 4 is 11.8 Å². The zero-order valence-corrected chi connectivity index (χ0v) is 27.4. The number of phenolic OH excluding ortho intramolecular Hbond substituents is 1. The van der Waals surface area contributed by atoms with Crippen LogP contribution in [0.2, 0.25) is 0 Å². The van der Waals surface area contributed by atoms with Crippen LogP contribution in [-0.4, -0.2) is 74.3 Å². The smallest absolute Gasteiger partial charge is 0.348 e. The molecule has 0 saturated carbocycles. The molecule has 1 aliphatic heterocycles. The summed E-state index contributed by atoms with van der Waals surface area (Å²) < 4.78 is 7.02. The second kappa shape index (κ2) is 14.1. The molecule has 5 rings (SSSR count). The quantitative estimate of drug-likeness (QED) is 0.194. The molecule has 1 saturated heterocycles. The highest BCUT2D eigenvalue weighted by atomic mass is 32.2. The summed E-state index contributed by atoms with van der Waals surface area (Å²) in [4.78, 5) is 17.8. The third kappa shape index (κ3) is 7.94. The van der Waals surface area contributed by atoms with E-state index in [-0.39, 0.29) is 22.1 Å². The van der Waals surface area contributed by atoms with Gasteiger partial charge in [-0.25, -0.2) is 14.5 Å². The van der Waals surface area contributed by atoms with Gasteiger partial charge in [-0.05, 0) is 72.0 Å². The van der Waals surface area contributed by atoms with Gasteiger partial charge in [0.05, 0.1) is 18.4 Å². The number of rotatable bonds is 12. The number of hydrogen-bond donors (Lipinski definition) is 2. The Morgan fingerprint density at radius 1 is 0.955 bits per heavy atom. The van der Waals surface area contributed by atoms with E-state index in [1.165, 1.54) is 15.7 Å². The lowest BCUT2D eigenvalue weighted by atomic mass is 10.00. The minimum Gasteiger partial charge on any atom is -0.507 e. The van der Waals surface area contributed by atoms with Crippen molar-refractivity contribution in [2.45, 2.75) is 57.1 Å². The highest BCUT2D eigenvalue weighted by Crippen LogP contribution is 2.33. The third-order valence-corrected chi connectivity index (χ3v) is 9.95. The number of aromatic nitrogens is 3. The summed E-state index contributed by atoms with van der Waals surface area (Å²) in [5.41, 5.74) is 4.53. The lowest BCUT2D eigenvalue weighted by Crippen LogP contribution is -2.46. The number of benzene rings is 3. The summed E-state index contributed by atoms with van der Waals surface area (Å²) in [7, 11) is 1.70. The van der Waals surface area contributed by atoms with Gasteiger partial charge in [-0.15, -0.1) is 0 Å². The van der Waals surface area contributed by atoms with Crippen molar-refractivity contribution in [2.75, 3.05) is 39.8 Å². The monoisotopic (exact) mass is 615 g/mol. The molecule has 0 amide bonds. The first-order chi connectivity index (χ1) is 21.1. The topological polar surface area (TPSA) is 86.6 Å². The average molecular weight is 616 g/mol. The Bertz CT molecular complexity index is 1570. The van der Waals surface area contributed by atoms with Crippen LogP contribution >= 0.6 is 11.8 Å². The second-order valence-electron chi connectivity index (χ2n) is 12.5. The zero-order chi connectivity index (χ0) is 31.3. The maximum atomic E-state index is 12.8. The molecule has 0 atom stereocenters. The number of aromatic hydroxyl groups is 1. The first-order valence-electron chi connectivity index (χ1n) is 15.4. The van der Waals surface area contributed by atoms with Gasteiger partial charge in [-0.2, -0.15) is 16.9 Å². The van der Waals surface area contributed by atoms with Crippen LogP contribution in [-0.2, 0) is 12.3 Å². The fraction of sp³-hybridized carbons (Fsp3) is 0.429. The molecule has 44 heavy (non-hydrogen) atoms. The van der Waals surface area contributed by atoms with Crippen LogP contribution in [0.25, 0.3) is 17.1 Å². The van der Waals surface area contributed by atoms with Crippen molar-refractivity contribution in [2.24, 2.45) is 0 Å². The molecule has 3 aromatic carbocycles. The van der Waals surface area contributed by atoms with Crippen LogP contribution in [0.15, 0.2) is 71.5 Å². The van der Waals surface area contributed by atoms with E-state index in [1.54, 1.807) is 13.2 Å². The molecule has 8 nitrogen and oxygen atoms in total. The normalized spacial score (nSPS) is 14.8. The Morgan fingerprint density at radius 2 is 1.61 bits per heavy atom. The van der Waals surface area contributed by atoms with Gasteiger partial charge >= 0.3 is 5.69 Å². The van der Waals surface area contributed by atoms with Crippen LogP contribution < -0.4 is 10.4 Å². The minimum absolute atomic E-state index is 0.0984. The summed E-state index contributed by atoms with van der Waals surface area (Å²) in [6.07, 6.45) is 1.16. The number of aromatic amines is 1. The van der Waals surface area contributed by atoms with Gasteiger partial charge < -0.3 is 14.7 Å². The summed E-state index contributed by atoms with van der Waals surface area (Å²) in [6, 6.07) is 21.9. The van der Waals surface area contributed by atoms with Crippen LogP contribution in [0.4, 0.5) is 0 Å². The predicted octanol–water partition coefficient (Wildman–Crippen LogP) is 6.28. The molecular formula is C35H45N5O3S. The molecule has 9 heteroatoms. The van der Waals surface area contributed by atoms with Gasteiger partial charge in [0, 0.05) is 43.2 Å². The Hall–Kier alpha value is -3.53. The van der Waals surface area contributed by atoms with Gasteiger partial charge in [0.1, 0.15) is 11.5 Å². The van der Waals surface area contributed by atoms with E-state index in [1.807, 2.05) is 48.2 Å². The fourth-order valence-corrected chi connectivity index (χ4v) is 6.47. The summed E-state index contributed by atoms with van der Waals surface area (Å²) in [5.74, 6) is 2.70. The molecule has 1 aliphatic rings. The third-order valence-electron chi connectivity index (χ3n) is 8.48. The van der Waals surface area contributed by atoms with Crippen LogP contribution in [0.1, 0.15) is 56.7 Å². The van der Waals surface area contributed by atoms with E-state index in [4.69, 9.17) is 4.74 Å². The predicted molar refractivity (Wildman–Crippen MR) is 180 cm³/mol. The molecule has 0 radical (unpaired) electrons. The number of hydrogen-bond acceptors (Lipinski definition) is 7. The van der Waals surface area contributed by atoms with Crippen molar-refractivity contribution in [1.29, 1.82) is 0 Å². The maximum Gasteiger partial charge on any atom is 0.348 e. The first-order valence-corrected chi connectivity index (χ1v) is 16.4. The van der Waals surface area contributed by atoms with Gasteiger partial charge in [-0.1, -0.05) is 58.0 Å². The Kier molecular flexibility index (Phi) is 10.2. The summed E-state index contributed by atoms with van der Waals surface area (Å²) in [6.45, 7) is 15.1. The lowest BCUT2D eigenvalue weighted by Gasteiger charge is -2.36. The summed E-state index contributed by atoms with van der Waals surface area (Å²) >= 11 is 2.02. The van der Waals surface area contributed by atoms with Crippen molar-refractivity contribution in [3.63, 3.8) is 0 Å². The SMILES string of the molecule is COc1ccc(CSC(C)(C)CCN2CCN(Cc3ccc(-n4c(-c5cc(C(C)C)ccc5O)n[nH]c4=O)cc3)CC2)cc1. The van der Waals surface area contributed by atoms with Crippen LogP contribution in [0.5, 0.6) is 11.5 Å². The van der Waals surface area contributed by atoms with E-state index < -0.39 is 0 Å². The number of phenols is 1. The highest BCUT2D eigenvalue weighted by Gasteiger charge is 2.23. The van der Waals surface area contributed by atoms with Crippen LogP contribution in [0.3, 0.4) is 0 Å². The molecule has 2 heterocycles. The van der Waals surface area contributed by atoms with E-state index in [0.717, 1.165) is 62.8 Å². The maximum absolute atomic E-state index is 12.8. The molecule has 0 spiro atoms. The average Bonchev–Trinajstić information content (AvgIpc) is 3.41.